The number of aryl methyl sites for hydroxylation is 2. The molecule has 164 valence electrons. The van der Waals surface area contributed by atoms with Gasteiger partial charge >= 0.3 is 5.69 Å². The summed E-state index contributed by atoms with van der Waals surface area (Å²) in [7, 11) is 1.67. The first-order valence-corrected chi connectivity index (χ1v) is 10.7. The zero-order valence-corrected chi connectivity index (χ0v) is 19.0. The Morgan fingerprint density at radius 1 is 1.10 bits per heavy atom. The fourth-order valence-corrected chi connectivity index (χ4v) is 4.04. The third kappa shape index (κ3) is 3.17. The minimum Gasteiger partial charge on any atom is -0.492 e. The van der Waals surface area contributed by atoms with Crippen LogP contribution in [0.4, 0.5) is 0 Å². The van der Waals surface area contributed by atoms with Crippen LogP contribution in [0, 0.1) is 19.8 Å². The second-order valence-electron chi connectivity index (χ2n) is 8.31. The van der Waals surface area contributed by atoms with E-state index in [0.29, 0.717) is 36.0 Å². The molecule has 0 fully saturated rings. The lowest BCUT2D eigenvalue weighted by Gasteiger charge is -2.12. The lowest BCUT2D eigenvalue weighted by atomic mass is 10.1. The summed E-state index contributed by atoms with van der Waals surface area (Å²) in [4.78, 5) is 31.1. The molecule has 0 bridgehead atoms. The minimum absolute atomic E-state index is 0.301. The van der Waals surface area contributed by atoms with Gasteiger partial charge in [0.15, 0.2) is 11.2 Å². The molecule has 31 heavy (non-hydrogen) atoms. The van der Waals surface area contributed by atoms with Gasteiger partial charge in [-0.2, -0.15) is 4.98 Å². The van der Waals surface area contributed by atoms with Crippen molar-refractivity contribution in [2.24, 2.45) is 13.0 Å². The molecule has 0 amide bonds. The van der Waals surface area contributed by atoms with E-state index in [1.165, 1.54) is 9.13 Å². The van der Waals surface area contributed by atoms with Crippen molar-refractivity contribution in [3.05, 3.63) is 56.5 Å². The number of ether oxygens (including phenoxy) is 1. The van der Waals surface area contributed by atoms with Crippen molar-refractivity contribution in [2.75, 3.05) is 6.61 Å². The molecular formula is C23H29N5O3. The first-order chi connectivity index (χ1) is 14.8. The molecular weight excluding hydrogens is 394 g/mol. The number of hydrogen-bond donors (Lipinski definition) is 0. The zero-order chi connectivity index (χ0) is 22.4. The fourth-order valence-electron chi connectivity index (χ4n) is 4.04. The van der Waals surface area contributed by atoms with Gasteiger partial charge in [-0.05, 0) is 45.2 Å². The van der Waals surface area contributed by atoms with Crippen molar-refractivity contribution in [1.29, 1.82) is 0 Å². The van der Waals surface area contributed by atoms with E-state index in [1.807, 2.05) is 54.0 Å². The van der Waals surface area contributed by atoms with Crippen LogP contribution in [-0.4, -0.2) is 29.7 Å². The van der Waals surface area contributed by atoms with E-state index < -0.39 is 0 Å². The summed E-state index contributed by atoms with van der Waals surface area (Å²) in [6.07, 6.45) is 0.753. The summed E-state index contributed by atoms with van der Waals surface area (Å²) in [5.74, 6) is 1.71. The molecule has 0 N–H and O–H groups in total. The topological polar surface area (TPSA) is 75.5 Å². The van der Waals surface area contributed by atoms with Gasteiger partial charge in [-0.15, -0.1) is 0 Å². The number of fused-ring (bicyclic) bond motifs is 3. The fraction of sp³-hybridized carbons (Fsp3) is 0.435. The smallest absolute Gasteiger partial charge is 0.332 e. The molecule has 0 saturated carbocycles. The van der Waals surface area contributed by atoms with Gasteiger partial charge in [-0.3, -0.25) is 22.9 Å². The Morgan fingerprint density at radius 2 is 1.81 bits per heavy atom. The van der Waals surface area contributed by atoms with E-state index in [-0.39, 0.29) is 11.2 Å². The third-order valence-corrected chi connectivity index (χ3v) is 5.86. The predicted molar refractivity (Wildman–Crippen MR) is 122 cm³/mol. The first kappa shape index (κ1) is 21.0. The maximum absolute atomic E-state index is 13.4. The minimum atomic E-state index is -0.338. The molecule has 0 aliphatic carbocycles. The van der Waals surface area contributed by atoms with Crippen LogP contribution in [0.1, 0.15) is 38.6 Å². The number of imidazole rings is 2. The van der Waals surface area contributed by atoms with Crippen LogP contribution in [0.5, 0.6) is 5.75 Å². The highest BCUT2D eigenvalue weighted by atomic mass is 16.5. The SMILES string of the molecule is CCOc1ccccc1-n1c(C)c(C)n2c3c(=O)n(CCC(C)C)c(=O)n(C)c3nc12. The Hall–Kier alpha value is -3.29. The summed E-state index contributed by atoms with van der Waals surface area (Å²) in [6, 6.07) is 7.76. The average Bonchev–Trinajstić information content (AvgIpc) is 3.23. The van der Waals surface area contributed by atoms with E-state index in [1.54, 1.807) is 7.05 Å². The molecule has 8 nitrogen and oxygen atoms in total. The Balaban J connectivity index is 2.09. The monoisotopic (exact) mass is 423 g/mol. The van der Waals surface area contributed by atoms with Crippen molar-refractivity contribution in [2.45, 2.75) is 47.6 Å². The van der Waals surface area contributed by atoms with E-state index >= 15 is 0 Å². The third-order valence-electron chi connectivity index (χ3n) is 5.86. The average molecular weight is 424 g/mol. The predicted octanol–water partition coefficient (Wildman–Crippen LogP) is 3.20. The van der Waals surface area contributed by atoms with Gasteiger partial charge in [0.1, 0.15) is 5.75 Å². The maximum atomic E-state index is 13.4. The molecule has 0 radical (unpaired) electrons. The maximum Gasteiger partial charge on any atom is 0.332 e. The van der Waals surface area contributed by atoms with Crippen LogP contribution in [-0.2, 0) is 13.6 Å². The lowest BCUT2D eigenvalue weighted by molar-refractivity contribution is 0.339. The molecule has 1 aromatic carbocycles. The van der Waals surface area contributed by atoms with Gasteiger partial charge in [0, 0.05) is 25.0 Å². The van der Waals surface area contributed by atoms with E-state index in [0.717, 1.165) is 29.2 Å². The summed E-state index contributed by atoms with van der Waals surface area (Å²) in [5.41, 5.74) is 2.87. The van der Waals surface area contributed by atoms with Gasteiger partial charge in [0.05, 0.1) is 12.3 Å². The van der Waals surface area contributed by atoms with Gasteiger partial charge in [-0.1, -0.05) is 26.0 Å². The van der Waals surface area contributed by atoms with Crippen LogP contribution in [0.2, 0.25) is 0 Å². The van der Waals surface area contributed by atoms with Crippen LogP contribution in [0.15, 0.2) is 33.9 Å². The Kier molecular flexibility index (Phi) is 5.24. The molecule has 8 heteroatoms. The van der Waals surface area contributed by atoms with E-state index in [4.69, 9.17) is 9.72 Å². The number of rotatable bonds is 6. The normalized spacial score (nSPS) is 11.8. The Morgan fingerprint density at radius 3 is 2.48 bits per heavy atom. The van der Waals surface area contributed by atoms with E-state index in [2.05, 4.69) is 13.8 Å². The molecule has 0 atom stereocenters. The Labute approximate surface area is 180 Å². The number of nitrogens with zero attached hydrogens (tertiary/aromatic N) is 5. The number of benzene rings is 1. The quantitative estimate of drug-likeness (QED) is 0.477. The van der Waals surface area contributed by atoms with Crippen molar-refractivity contribution in [3.63, 3.8) is 0 Å². The highest BCUT2D eigenvalue weighted by Gasteiger charge is 2.24. The second kappa shape index (κ2) is 7.76. The van der Waals surface area contributed by atoms with Crippen molar-refractivity contribution >= 4 is 16.9 Å². The number of para-hydroxylation sites is 2. The Bertz CT molecular complexity index is 1400. The summed E-state index contributed by atoms with van der Waals surface area (Å²) >= 11 is 0. The zero-order valence-electron chi connectivity index (χ0n) is 19.0. The van der Waals surface area contributed by atoms with Gasteiger partial charge in [0.25, 0.3) is 5.56 Å². The van der Waals surface area contributed by atoms with Gasteiger partial charge in [0.2, 0.25) is 5.78 Å². The van der Waals surface area contributed by atoms with Crippen molar-refractivity contribution in [3.8, 4) is 11.4 Å². The summed E-state index contributed by atoms with van der Waals surface area (Å²) in [6.45, 7) is 11.0. The van der Waals surface area contributed by atoms with Crippen molar-refractivity contribution in [1.82, 2.24) is 23.1 Å². The van der Waals surface area contributed by atoms with Crippen molar-refractivity contribution < 1.29 is 4.74 Å². The molecule has 0 aliphatic heterocycles. The van der Waals surface area contributed by atoms with Crippen LogP contribution >= 0.6 is 0 Å². The largest absolute Gasteiger partial charge is 0.492 e. The number of hydrogen-bond acceptors (Lipinski definition) is 4. The highest BCUT2D eigenvalue weighted by molar-refractivity contribution is 5.77. The molecule has 0 aliphatic rings. The van der Waals surface area contributed by atoms with E-state index in [9.17, 15) is 9.59 Å². The lowest BCUT2D eigenvalue weighted by Crippen LogP contribution is -2.39. The molecule has 0 spiro atoms. The van der Waals surface area contributed by atoms with Crippen LogP contribution < -0.4 is 16.0 Å². The molecule has 0 saturated heterocycles. The van der Waals surface area contributed by atoms with Crippen LogP contribution in [0.3, 0.4) is 0 Å². The van der Waals surface area contributed by atoms with Crippen LogP contribution in [0.25, 0.3) is 22.6 Å². The second-order valence-corrected chi connectivity index (χ2v) is 8.31. The summed E-state index contributed by atoms with van der Waals surface area (Å²) < 4.78 is 12.5. The highest BCUT2D eigenvalue weighted by Crippen LogP contribution is 2.29. The van der Waals surface area contributed by atoms with Gasteiger partial charge in [-0.25, -0.2) is 4.79 Å². The molecule has 4 rings (SSSR count). The molecule has 3 heterocycles. The molecule has 0 unspecified atom stereocenters. The molecule has 4 aromatic rings. The molecule has 3 aromatic heterocycles. The standard InChI is InChI=1S/C23H29N5O3/c1-7-31-18-11-9-8-10-17(18)27-15(4)16(5)28-19-20(24-22(27)28)25(6)23(30)26(21(19)29)13-12-14(2)3/h8-11,14H,7,12-13H2,1-6H3. The van der Waals surface area contributed by atoms with Gasteiger partial charge < -0.3 is 4.74 Å². The summed E-state index contributed by atoms with van der Waals surface area (Å²) in [5, 5.41) is 0. The first-order valence-electron chi connectivity index (χ1n) is 10.7. The number of aromatic nitrogens is 5.